The predicted octanol–water partition coefficient (Wildman–Crippen LogP) is 1.96. The minimum absolute atomic E-state index is 0.0559. The molecule has 0 saturated carbocycles. The molecule has 3 N–H and O–H groups in total. The van der Waals surface area contributed by atoms with Crippen molar-refractivity contribution in [3.63, 3.8) is 0 Å². The monoisotopic (exact) mass is 333 g/mol. The van der Waals surface area contributed by atoms with E-state index < -0.39 is 17.1 Å². The van der Waals surface area contributed by atoms with Gasteiger partial charge in [0.25, 0.3) is 0 Å². The zero-order valence-corrected chi connectivity index (χ0v) is 12.6. The molecular formula is C15H12FN3O3S. The number of aromatic amines is 1. The van der Waals surface area contributed by atoms with Gasteiger partial charge in [-0.25, -0.2) is 18.3 Å². The average Bonchev–Trinajstić information content (AvgIpc) is 2.52. The molecule has 0 saturated heterocycles. The van der Waals surface area contributed by atoms with Gasteiger partial charge in [0.15, 0.2) is 0 Å². The summed E-state index contributed by atoms with van der Waals surface area (Å²) in [5, 5.41) is 0.703. The van der Waals surface area contributed by atoms with Gasteiger partial charge in [0, 0.05) is 29.8 Å². The van der Waals surface area contributed by atoms with E-state index in [9.17, 15) is 13.4 Å². The molecule has 1 aromatic carbocycles. The molecule has 0 bridgehead atoms. The van der Waals surface area contributed by atoms with Gasteiger partial charge in [-0.05, 0) is 29.3 Å². The first-order chi connectivity index (χ1) is 11.0. The van der Waals surface area contributed by atoms with Crippen LogP contribution in [0.4, 0.5) is 4.39 Å². The molecule has 2 heterocycles. The maximum atomic E-state index is 14.2. The molecule has 0 radical (unpaired) electrons. The Bertz CT molecular complexity index is 958. The Balaban J connectivity index is 2.04. The van der Waals surface area contributed by atoms with Gasteiger partial charge >= 0.3 is 0 Å². The smallest absolute Gasteiger partial charge is 0.249 e. The second-order valence-corrected chi connectivity index (χ2v) is 5.61. The number of aromatic nitrogens is 2. The van der Waals surface area contributed by atoms with Gasteiger partial charge in [0.2, 0.25) is 16.8 Å². The summed E-state index contributed by atoms with van der Waals surface area (Å²) in [7, 11) is 0. The van der Waals surface area contributed by atoms with Crippen molar-refractivity contribution >= 4 is 22.3 Å². The van der Waals surface area contributed by atoms with Crippen molar-refractivity contribution in [2.45, 2.75) is 6.54 Å². The highest BCUT2D eigenvalue weighted by atomic mass is 32.2. The summed E-state index contributed by atoms with van der Waals surface area (Å²) in [6, 6.07) is 9.35. The normalized spacial score (nSPS) is 12.4. The SMILES string of the molecule is O=c1ccc2c(-c3ccc(CNS(=O)O)c(F)c3)ccnc2[nH]1. The van der Waals surface area contributed by atoms with E-state index in [-0.39, 0.29) is 17.7 Å². The molecule has 0 aliphatic rings. The van der Waals surface area contributed by atoms with E-state index in [1.54, 1.807) is 24.3 Å². The van der Waals surface area contributed by atoms with Gasteiger partial charge in [0.1, 0.15) is 11.5 Å². The number of halogens is 1. The third-order valence-corrected chi connectivity index (χ3v) is 3.77. The van der Waals surface area contributed by atoms with Crippen LogP contribution in [-0.2, 0) is 17.8 Å². The van der Waals surface area contributed by atoms with E-state index in [0.29, 0.717) is 16.6 Å². The van der Waals surface area contributed by atoms with Gasteiger partial charge in [-0.2, -0.15) is 0 Å². The van der Waals surface area contributed by atoms with Crippen molar-refractivity contribution in [1.82, 2.24) is 14.7 Å². The second-order valence-electron chi connectivity index (χ2n) is 4.82. The molecule has 0 fully saturated rings. The van der Waals surface area contributed by atoms with Crippen LogP contribution in [0.25, 0.3) is 22.2 Å². The molecule has 1 unspecified atom stereocenters. The number of pyridine rings is 2. The topological polar surface area (TPSA) is 95.1 Å². The fraction of sp³-hybridized carbons (Fsp3) is 0.0667. The summed E-state index contributed by atoms with van der Waals surface area (Å²) < 4.78 is 35.7. The quantitative estimate of drug-likeness (QED) is 0.636. The maximum absolute atomic E-state index is 14.2. The lowest BCUT2D eigenvalue weighted by molar-refractivity contribution is 0.545. The standard InChI is InChI=1S/C15H12FN3O3S/c16-13-7-9(1-2-10(13)8-18-23(21)22)11-5-6-17-15-12(11)3-4-14(20)19-15/h1-7,18H,8H2,(H,21,22)(H,17,19,20). The lowest BCUT2D eigenvalue weighted by Gasteiger charge is -2.08. The van der Waals surface area contributed by atoms with Gasteiger partial charge in [-0.3, -0.25) is 9.35 Å². The Hall–Kier alpha value is -2.42. The Labute approximate surface area is 132 Å². The van der Waals surface area contributed by atoms with Gasteiger partial charge < -0.3 is 4.98 Å². The summed E-state index contributed by atoms with van der Waals surface area (Å²) in [4.78, 5) is 18.1. The van der Waals surface area contributed by atoms with Crippen molar-refractivity contribution in [2.24, 2.45) is 0 Å². The fourth-order valence-electron chi connectivity index (χ4n) is 2.31. The second kappa shape index (κ2) is 6.37. The van der Waals surface area contributed by atoms with Gasteiger partial charge in [0.05, 0.1) is 0 Å². The van der Waals surface area contributed by atoms with Crippen molar-refractivity contribution in [2.75, 3.05) is 0 Å². The number of nitrogens with zero attached hydrogens (tertiary/aromatic N) is 1. The number of rotatable bonds is 4. The van der Waals surface area contributed by atoms with Crippen LogP contribution in [0.2, 0.25) is 0 Å². The minimum atomic E-state index is -2.20. The molecule has 23 heavy (non-hydrogen) atoms. The molecule has 3 rings (SSSR count). The van der Waals surface area contributed by atoms with Crippen molar-refractivity contribution in [3.05, 3.63) is 64.3 Å². The Kier molecular flexibility index (Phi) is 4.28. The molecule has 0 aliphatic heterocycles. The summed E-state index contributed by atoms with van der Waals surface area (Å²) in [5.74, 6) is -0.491. The Morgan fingerprint density at radius 2 is 2.09 bits per heavy atom. The van der Waals surface area contributed by atoms with Crippen molar-refractivity contribution in [3.8, 4) is 11.1 Å². The molecule has 1 atom stereocenters. The number of nitrogens with one attached hydrogen (secondary N) is 2. The van der Waals surface area contributed by atoms with Crippen LogP contribution in [0.5, 0.6) is 0 Å². The molecule has 8 heteroatoms. The van der Waals surface area contributed by atoms with Gasteiger partial charge in [-0.1, -0.05) is 12.1 Å². The van der Waals surface area contributed by atoms with E-state index in [4.69, 9.17) is 4.55 Å². The first-order valence-electron chi connectivity index (χ1n) is 6.66. The molecule has 0 aliphatic carbocycles. The average molecular weight is 333 g/mol. The summed E-state index contributed by atoms with van der Waals surface area (Å²) in [6.07, 6.45) is 1.54. The maximum Gasteiger partial charge on any atom is 0.249 e. The van der Waals surface area contributed by atoms with Crippen LogP contribution in [0, 0.1) is 5.82 Å². The predicted molar refractivity (Wildman–Crippen MR) is 85.4 cm³/mol. The minimum Gasteiger partial charge on any atom is -0.307 e. The van der Waals surface area contributed by atoms with Crippen LogP contribution >= 0.6 is 0 Å². The highest BCUT2D eigenvalue weighted by Crippen LogP contribution is 2.27. The molecule has 118 valence electrons. The lowest BCUT2D eigenvalue weighted by Crippen LogP contribution is -2.16. The molecule has 3 aromatic rings. The van der Waals surface area contributed by atoms with E-state index in [1.807, 2.05) is 0 Å². The molecule has 0 spiro atoms. The molecule has 2 aromatic heterocycles. The Morgan fingerprint density at radius 3 is 2.83 bits per heavy atom. The van der Waals surface area contributed by atoms with E-state index in [0.717, 1.165) is 5.56 Å². The highest BCUT2D eigenvalue weighted by Gasteiger charge is 2.09. The fourth-order valence-corrected chi connectivity index (χ4v) is 2.59. The van der Waals surface area contributed by atoms with E-state index in [2.05, 4.69) is 14.7 Å². The van der Waals surface area contributed by atoms with Crippen LogP contribution < -0.4 is 10.3 Å². The van der Waals surface area contributed by atoms with Crippen molar-refractivity contribution in [1.29, 1.82) is 0 Å². The number of benzene rings is 1. The van der Waals surface area contributed by atoms with Gasteiger partial charge in [-0.15, -0.1) is 0 Å². The summed E-state index contributed by atoms with van der Waals surface area (Å²) >= 11 is -2.20. The largest absolute Gasteiger partial charge is 0.307 e. The molecule has 0 amide bonds. The first kappa shape index (κ1) is 15.5. The molecule has 6 nitrogen and oxygen atoms in total. The van der Waals surface area contributed by atoms with Crippen LogP contribution in [0.15, 0.2) is 47.4 Å². The van der Waals surface area contributed by atoms with Crippen molar-refractivity contribution < 1.29 is 13.2 Å². The van der Waals surface area contributed by atoms with Crippen LogP contribution in [0.1, 0.15) is 5.56 Å². The summed E-state index contributed by atoms with van der Waals surface area (Å²) in [5.41, 5.74) is 1.80. The van der Waals surface area contributed by atoms with E-state index >= 15 is 0 Å². The third kappa shape index (κ3) is 3.34. The number of fused-ring (bicyclic) bond motifs is 1. The highest BCUT2D eigenvalue weighted by molar-refractivity contribution is 7.77. The lowest BCUT2D eigenvalue weighted by atomic mass is 10.0. The number of H-pyrrole nitrogens is 1. The summed E-state index contributed by atoms with van der Waals surface area (Å²) in [6.45, 7) is -0.0559. The zero-order chi connectivity index (χ0) is 16.4. The third-order valence-electron chi connectivity index (χ3n) is 3.38. The molecular weight excluding hydrogens is 321 g/mol. The van der Waals surface area contributed by atoms with Crippen LogP contribution in [0.3, 0.4) is 0 Å². The van der Waals surface area contributed by atoms with Crippen LogP contribution in [-0.4, -0.2) is 18.7 Å². The number of hydrogen-bond acceptors (Lipinski definition) is 3. The van der Waals surface area contributed by atoms with E-state index in [1.165, 1.54) is 18.3 Å². The zero-order valence-electron chi connectivity index (χ0n) is 11.7. The first-order valence-corrected chi connectivity index (χ1v) is 7.76. The Morgan fingerprint density at radius 1 is 1.26 bits per heavy atom. The number of hydrogen-bond donors (Lipinski definition) is 3.